The molecule has 4 nitrogen and oxygen atoms in total. The highest BCUT2D eigenvalue weighted by Gasteiger charge is 2.07. The number of amides is 1. The topological polar surface area (TPSA) is 81.1 Å². The standard InChI is InChI=1S/C14H14ClN3OS/c15-11-2-1-3-12(16)13(11)20-8-9-4-6-10(7-5-9)14(19)18-17/h1-7H,8,16-17H2,(H,18,19). The van der Waals surface area contributed by atoms with E-state index < -0.39 is 0 Å². The summed E-state index contributed by atoms with van der Waals surface area (Å²) in [4.78, 5) is 12.2. The van der Waals surface area contributed by atoms with Crippen molar-refractivity contribution < 1.29 is 4.79 Å². The van der Waals surface area contributed by atoms with Crippen LogP contribution < -0.4 is 17.0 Å². The van der Waals surface area contributed by atoms with Crippen LogP contribution in [0.5, 0.6) is 0 Å². The summed E-state index contributed by atoms with van der Waals surface area (Å²) in [6.07, 6.45) is 0. The van der Waals surface area contributed by atoms with Crippen LogP contribution in [0.3, 0.4) is 0 Å². The van der Waals surface area contributed by atoms with Gasteiger partial charge in [0.1, 0.15) is 0 Å². The number of nitrogens with one attached hydrogen (secondary N) is 1. The van der Waals surface area contributed by atoms with Crippen molar-refractivity contribution in [3.8, 4) is 0 Å². The zero-order chi connectivity index (χ0) is 14.5. The first kappa shape index (κ1) is 14.7. The van der Waals surface area contributed by atoms with Gasteiger partial charge in [0.2, 0.25) is 0 Å². The van der Waals surface area contributed by atoms with Crippen LogP contribution in [0.2, 0.25) is 5.02 Å². The molecule has 0 unspecified atom stereocenters. The second-order valence-corrected chi connectivity index (χ2v) is 5.51. The van der Waals surface area contributed by atoms with Gasteiger partial charge >= 0.3 is 0 Å². The maximum absolute atomic E-state index is 11.3. The third-order valence-corrected chi connectivity index (χ3v) is 4.38. The number of nitrogens with two attached hydrogens (primary N) is 2. The lowest BCUT2D eigenvalue weighted by Crippen LogP contribution is -2.29. The number of carbonyl (C=O) groups is 1. The van der Waals surface area contributed by atoms with E-state index in [1.54, 1.807) is 23.9 Å². The Hall–Kier alpha value is -1.69. The van der Waals surface area contributed by atoms with Gasteiger partial charge in [-0.15, -0.1) is 11.8 Å². The summed E-state index contributed by atoms with van der Waals surface area (Å²) < 4.78 is 0. The Morgan fingerprint density at radius 3 is 2.50 bits per heavy atom. The van der Waals surface area contributed by atoms with E-state index in [9.17, 15) is 4.79 Å². The van der Waals surface area contributed by atoms with Crippen LogP contribution in [-0.4, -0.2) is 5.91 Å². The molecule has 0 aliphatic heterocycles. The molecule has 0 saturated heterocycles. The van der Waals surface area contributed by atoms with Crippen molar-refractivity contribution in [2.75, 3.05) is 5.73 Å². The van der Waals surface area contributed by atoms with Gasteiger partial charge in [0.25, 0.3) is 5.91 Å². The normalized spacial score (nSPS) is 10.3. The number of anilines is 1. The van der Waals surface area contributed by atoms with Gasteiger partial charge < -0.3 is 5.73 Å². The molecule has 0 spiro atoms. The SMILES string of the molecule is NNC(=O)c1ccc(CSc2c(N)cccc2Cl)cc1. The van der Waals surface area contributed by atoms with Crippen LogP contribution in [0.4, 0.5) is 5.69 Å². The second-order valence-electron chi connectivity index (χ2n) is 4.12. The summed E-state index contributed by atoms with van der Waals surface area (Å²) in [5, 5.41) is 0.647. The fourth-order valence-corrected chi connectivity index (χ4v) is 2.96. The van der Waals surface area contributed by atoms with Gasteiger partial charge in [-0.25, -0.2) is 5.84 Å². The number of hydrogen-bond acceptors (Lipinski definition) is 4. The van der Waals surface area contributed by atoms with Crippen LogP contribution in [-0.2, 0) is 5.75 Å². The van der Waals surface area contributed by atoms with Crippen molar-refractivity contribution in [3.63, 3.8) is 0 Å². The Morgan fingerprint density at radius 1 is 1.20 bits per heavy atom. The first-order valence-corrected chi connectivity index (χ1v) is 7.25. The van der Waals surface area contributed by atoms with Crippen molar-refractivity contribution in [3.05, 3.63) is 58.6 Å². The molecule has 104 valence electrons. The molecule has 0 radical (unpaired) electrons. The fourth-order valence-electron chi connectivity index (χ4n) is 1.67. The first-order chi connectivity index (χ1) is 9.61. The third-order valence-electron chi connectivity index (χ3n) is 2.73. The molecular weight excluding hydrogens is 294 g/mol. The summed E-state index contributed by atoms with van der Waals surface area (Å²) in [5.41, 5.74) is 10.3. The van der Waals surface area contributed by atoms with Gasteiger partial charge in [0.05, 0.1) is 5.02 Å². The second kappa shape index (κ2) is 6.65. The van der Waals surface area contributed by atoms with Gasteiger partial charge in [-0.05, 0) is 29.8 Å². The van der Waals surface area contributed by atoms with E-state index in [0.717, 1.165) is 16.2 Å². The molecule has 2 aromatic rings. The molecule has 6 heteroatoms. The summed E-state index contributed by atoms with van der Waals surface area (Å²) in [7, 11) is 0. The number of thioether (sulfide) groups is 1. The molecule has 0 aliphatic rings. The minimum absolute atomic E-state index is 0.306. The minimum Gasteiger partial charge on any atom is -0.398 e. The lowest BCUT2D eigenvalue weighted by Gasteiger charge is -2.08. The number of benzene rings is 2. The smallest absolute Gasteiger partial charge is 0.265 e. The largest absolute Gasteiger partial charge is 0.398 e. The number of halogens is 1. The molecule has 0 bridgehead atoms. The molecule has 2 rings (SSSR count). The Morgan fingerprint density at radius 2 is 1.90 bits per heavy atom. The van der Waals surface area contributed by atoms with E-state index >= 15 is 0 Å². The first-order valence-electron chi connectivity index (χ1n) is 5.88. The number of hydrogen-bond donors (Lipinski definition) is 3. The molecule has 0 fully saturated rings. The van der Waals surface area contributed by atoms with E-state index in [1.807, 2.05) is 30.3 Å². The predicted octanol–water partition coefficient (Wildman–Crippen LogP) is 2.82. The highest BCUT2D eigenvalue weighted by Crippen LogP contribution is 2.34. The van der Waals surface area contributed by atoms with Crippen LogP contribution in [0.25, 0.3) is 0 Å². The molecule has 0 atom stereocenters. The molecule has 0 aliphatic carbocycles. The average Bonchev–Trinajstić information content (AvgIpc) is 2.46. The molecule has 20 heavy (non-hydrogen) atoms. The van der Waals surface area contributed by atoms with Gasteiger partial charge in [0, 0.05) is 21.9 Å². The molecule has 0 heterocycles. The van der Waals surface area contributed by atoms with Gasteiger partial charge in [-0.2, -0.15) is 0 Å². The molecular formula is C14H14ClN3OS. The van der Waals surface area contributed by atoms with E-state index in [0.29, 0.717) is 16.3 Å². The van der Waals surface area contributed by atoms with E-state index in [2.05, 4.69) is 5.43 Å². The van der Waals surface area contributed by atoms with Crippen molar-refractivity contribution in [2.45, 2.75) is 10.6 Å². The van der Waals surface area contributed by atoms with Crippen molar-refractivity contribution in [1.82, 2.24) is 5.43 Å². The van der Waals surface area contributed by atoms with Crippen LogP contribution >= 0.6 is 23.4 Å². The van der Waals surface area contributed by atoms with Crippen molar-refractivity contribution in [1.29, 1.82) is 0 Å². The summed E-state index contributed by atoms with van der Waals surface area (Å²) in [6, 6.07) is 12.7. The lowest BCUT2D eigenvalue weighted by atomic mass is 10.1. The fraction of sp³-hybridized carbons (Fsp3) is 0.0714. The highest BCUT2D eigenvalue weighted by atomic mass is 35.5. The molecule has 2 aromatic carbocycles. The van der Waals surface area contributed by atoms with Crippen LogP contribution in [0, 0.1) is 0 Å². The lowest BCUT2D eigenvalue weighted by molar-refractivity contribution is 0.0953. The van der Waals surface area contributed by atoms with E-state index in [4.69, 9.17) is 23.2 Å². The van der Waals surface area contributed by atoms with Crippen LogP contribution in [0.15, 0.2) is 47.4 Å². The number of hydrazine groups is 1. The van der Waals surface area contributed by atoms with E-state index in [1.165, 1.54) is 0 Å². The predicted molar refractivity (Wildman–Crippen MR) is 83.5 cm³/mol. The molecule has 0 aromatic heterocycles. The van der Waals surface area contributed by atoms with Gasteiger partial charge in [-0.1, -0.05) is 29.8 Å². The van der Waals surface area contributed by atoms with Crippen LogP contribution in [0.1, 0.15) is 15.9 Å². The zero-order valence-corrected chi connectivity index (χ0v) is 12.2. The average molecular weight is 308 g/mol. The summed E-state index contributed by atoms with van der Waals surface area (Å²) in [5.74, 6) is 5.49. The molecule has 1 amide bonds. The highest BCUT2D eigenvalue weighted by molar-refractivity contribution is 7.98. The quantitative estimate of drug-likeness (QED) is 0.267. The monoisotopic (exact) mass is 307 g/mol. The third kappa shape index (κ3) is 3.45. The van der Waals surface area contributed by atoms with Gasteiger partial charge in [0.15, 0.2) is 0 Å². The van der Waals surface area contributed by atoms with Crippen molar-refractivity contribution >= 4 is 35.0 Å². The number of carbonyl (C=O) groups excluding carboxylic acids is 1. The molecule has 0 saturated carbocycles. The maximum Gasteiger partial charge on any atom is 0.265 e. The maximum atomic E-state index is 11.3. The Kier molecular flexibility index (Phi) is 4.89. The zero-order valence-electron chi connectivity index (χ0n) is 10.6. The Labute approximate surface area is 126 Å². The number of rotatable bonds is 4. The summed E-state index contributed by atoms with van der Waals surface area (Å²) in [6.45, 7) is 0. The number of nitrogen functional groups attached to an aromatic ring is 2. The Balaban J connectivity index is 2.06. The Bertz CT molecular complexity index is 596. The van der Waals surface area contributed by atoms with Gasteiger partial charge in [-0.3, -0.25) is 10.2 Å². The minimum atomic E-state index is -0.306. The molecule has 5 N–H and O–H groups in total. The summed E-state index contributed by atoms with van der Waals surface area (Å²) >= 11 is 7.68. The van der Waals surface area contributed by atoms with Crippen molar-refractivity contribution in [2.24, 2.45) is 5.84 Å². The van der Waals surface area contributed by atoms with E-state index in [-0.39, 0.29) is 5.91 Å².